The third-order valence-electron chi connectivity index (χ3n) is 3.20. The zero-order chi connectivity index (χ0) is 12.3. The van der Waals surface area contributed by atoms with E-state index in [2.05, 4.69) is 4.98 Å². The molecule has 0 N–H and O–H groups in total. The summed E-state index contributed by atoms with van der Waals surface area (Å²) in [6.07, 6.45) is 4.16. The number of nitrogens with zero attached hydrogens (tertiary/aromatic N) is 1. The smallest absolute Gasteiger partial charge is 0.367 e. The summed E-state index contributed by atoms with van der Waals surface area (Å²) in [5.41, 5.74) is 0.889. The van der Waals surface area contributed by atoms with Crippen LogP contribution >= 0.6 is 11.3 Å². The lowest BCUT2D eigenvalue weighted by Gasteiger charge is -2.40. The third-order valence-corrected chi connectivity index (χ3v) is 4.07. The molecule has 4 nitrogen and oxygen atoms in total. The van der Waals surface area contributed by atoms with Gasteiger partial charge in [-0.1, -0.05) is 0 Å². The van der Waals surface area contributed by atoms with Crippen molar-refractivity contribution in [3.63, 3.8) is 0 Å². The van der Waals surface area contributed by atoms with Gasteiger partial charge >= 0.3 is 5.97 Å². The molecule has 0 bridgehead atoms. The molecule has 0 atom stereocenters. The van der Waals surface area contributed by atoms with Crippen molar-refractivity contribution in [3.05, 3.63) is 16.1 Å². The Morgan fingerprint density at radius 1 is 1.59 bits per heavy atom. The van der Waals surface area contributed by atoms with Crippen molar-refractivity contribution in [1.29, 1.82) is 0 Å². The monoisotopic (exact) mass is 255 g/mol. The second-order valence-electron chi connectivity index (χ2n) is 4.28. The number of carbonyl (C=O) groups is 1. The molecule has 5 heteroatoms. The van der Waals surface area contributed by atoms with Crippen LogP contribution < -0.4 is 0 Å². The Balaban J connectivity index is 2.01. The molecule has 2 rings (SSSR count). The third kappa shape index (κ3) is 2.66. The first-order chi connectivity index (χ1) is 8.19. The molecule has 17 heavy (non-hydrogen) atoms. The first-order valence-electron chi connectivity index (χ1n) is 5.86. The minimum atomic E-state index is -0.330. The van der Waals surface area contributed by atoms with E-state index < -0.39 is 0 Å². The van der Waals surface area contributed by atoms with Crippen LogP contribution in [0.25, 0.3) is 0 Å². The summed E-state index contributed by atoms with van der Waals surface area (Å²) in [6.45, 7) is 2.18. The Hall–Kier alpha value is -0.940. The zero-order valence-electron chi connectivity index (χ0n) is 10.2. The van der Waals surface area contributed by atoms with Crippen molar-refractivity contribution < 1.29 is 14.3 Å². The quantitative estimate of drug-likeness (QED) is 0.758. The second kappa shape index (κ2) is 5.14. The van der Waals surface area contributed by atoms with Gasteiger partial charge in [-0.15, -0.1) is 11.3 Å². The number of carbonyl (C=O) groups excluding carboxylic acids is 1. The molecule has 1 aromatic heterocycles. The highest BCUT2D eigenvalue weighted by Gasteiger charge is 2.37. The summed E-state index contributed by atoms with van der Waals surface area (Å²) in [6, 6.07) is 0. The van der Waals surface area contributed by atoms with Gasteiger partial charge in [0.1, 0.15) is 0 Å². The highest BCUT2D eigenvalue weighted by Crippen LogP contribution is 2.38. The van der Waals surface area contributed by atoms with Crippen LogP contribution in [0.15, 0.2) is 5.38 Å². The normalized spacial score (nSPS) is 17.5. The SMILES string of the molecule is CCOC(=O)c1nc(CC2(OC)CCC2)cs1. The topological polar surface area (TPSA) is 48.4 Å². The minimum Gasteiger partial charge on any atom is -0.461 e. The molecule has 1 aliphatic carbocycles. The van der Waals surface area contributed by atoms with Gasteiger partial charge in [0.2, 0.25) is 5.01 Å². The fourth-order valence-electron chi connectivity index (χ4n) is 2.03. The van der Waals surface area contributed by atoms with Crippen molar-refractivity contribution in [2.24, 2.45) is 0 Å². The molecule has 0 spiro atoms. The Bertz CT molecular complexity index is 393. The standard InChI is InChI=1S/C12H17NO3S/c1-3-16-11(14)10-13-9(8-17-10)7-12(15-2)5-4-6-12/h8H,3-7H2,1-2H3. The van der Waals surface area contributed by atoms with Crippen LogP contribution in [0, 0.1) is 0 Å². The lowest BCUT2D eigenvalue weighted by molar-refractivity contribution is -0.0713. The maximum atomic E-state index is 11.5. The number of thiazole rings is 1. The first-order valence-corrected chi connectivity index (χ1v) is 6.74. The highest BCUT2D eigenvalue weighted by molar-refractivity contribution is 7.11. The van der Waals surface area contributed by atoms with E-state index in [0.29, 0.717) is 11.6 Å². The molecule has 0 aromatic carbocycles. The molecule has 1 aromatic rings. The number of ether oxygens (including phenoxy) is 2. The summed E-state index contributed by atoms with van der Waals surface area (Å²) >= 11 is 1.34. The van der Waals surface area contributed by atoms with Gasteiger partial charge in [-0.05, 0) is 26.2 Å². The molecule has 1 heterocycles. The van der Waals surface area contributed by atoms with Crippen molar-refractivity contribution in [2.75, 3.05) is 13.7 Å². The molecule has 1 fully saturated rings. The van der Waals surface area contributed by atoms with E-state index >= 15 is 0 Å². The predicted octanol–water partition coefficient (Wildman–Crippen LogP) is 2.43. The lowest BCUT2D eigenvalue weighted by Crippen LogP contribution is -2.41. The zero-order valence-corrected chi connectivity index (χ0v) is 11.0. The maximum absolute atomic E-state index is 11.5. The summed E-state index contributed by atoms with van der Waals surface area (Å²) in [5, 5.41) is 2.36. The number of hydrogen-bond donors (Lipinski definition) is 0. The average molecular weight is 255 g/mol. The van der Waals surface area contributed by atoms with E-state index in [1.165, 1.54) is 17.8 Å². The molecular weight excluding hydrogens is 238 g/mol. The van der Waals surface area contributed by atoms with Gasteiger partial charge in [0.05, 0.1) is 17.9 Å². The summed E-state index contributed by atoms with van der Waals surface area (Å²) in [7, 11) is 1.75. The first kappa shape index (κ1) is 12.5. The molecule has 0 aliphatic heterocycles. The van der Waals surface area contributed by atoms with Gasteiger partial charge in [0.15, 0.2) is 0 Å². The largest absolute Gasteiger partial charge is 0.461 e. The van der Waals surface area contributed by atoms with Gasteiger partial charge in [0.25, 0.3) is 0 Å². The Morgan fingerprint density at radius 2 is 2.35 bits per heavy atom. The molecular formula is C12H17NO3S. The summed E-state index contributed by atoms with van der Waals surface area (Å²) in [5.74, 6) is -0.330. The highest BCUT2D eigenvalue weighted by atomic mass is 32.1. The molecule has 0 amide bonds. The molecule has 0 saturated heterocycles. The molecule has 0 unspecified atom stereocenters. The second-order valence-corrected chi connectivity index (χ2v) is 5.14. The number of esters is 1. The van der Waals surface area contributed by atoms with Crippen LogP contribution in [0.4, 0.5) is 0 Å². The van der Waals surface area contributed by atoms with E-state index in [4.69, 9.17) is 9.47 Å². The number of hydrogen-bond acceptors (Lipinski definition) is 5. The van der Waals surface area contributed by atoms with Gasteiger partial charge < -0.3 is 9.47 Å². The van der Waals surface area contributed by atoms with Crippen molar-refractivity contribution >= 4 is 17.3 Å². The predicted molar refractivity (Wildman–Crippen MR) is 65.4 cm³/mol. The average Bonchev–Trinajstić information content (AvgIpc) is 2.72. The van der Waals surface area contributed by atoms with Crippen LogP contribution in [-0.4, -0.2) is 30.3 Å². The molecule has 1 saturated carbocycles. The van der Waals surface area contributed by atoms with Gasteiger partial charge in [-0.3, -0.25) is 0 Å². The van der Waals surface area contributed by atoms with E-state index in [0.717, 1.165) is 25.0 Å². The maximum Gasteiger partial charge on any atom is 0.367 e. The van der Waals surface area contributed by atoms with Gasteiger partial charge in [0, 0.05) is 18.9 Å². The van der Waals surface area contributed by atoms with E-state index in [-0.39, 0.29) is 11.6 Å². The fourth-order valence-corrected chi connectivity index (χ4v) is 2.74. The Morgan fingerprint density at radius 3 is 2.88 bits per heavy atom. The summed E-state index contributed by atoms with van der Waals surface area (Å²) in [4.78, 5) is 15.8. The minimum absolute atomic E-state index is 0.0417. The number of aromatic nitrogens is 1. The van der Waals surface area contributed by atoms with Crippen molar-refractivity contribution in [3.8, 4) is 0 Å². The lowest BCUT2D eigenvalue weighted by atomic mass is 9.77. The van der Waals surface area contributed by atoms with Gasteiger partial charge in [-0.2, -0.15) is 0 Å². The molecule has 0 radical (unpaired) electrons. The van der Waals surface area contributed by atoms with E-state index in [9.17, 15) is 4.79 Å². The molecule has 1 aliphatic rings. The molecule has 94 valence electrons. The van der Waals surface area contributed by atoms with Crippen LogP contribution in [0.2, 0.25) is 0 Å². The fraction of sp³-hybridized carbons (Fsp3) is 0.667. The van der Waals surface area contributed by atoms with E-state index in [1.807, 2.05) is 5.38 Å². The van der Waals surface area contributed by atoms with Crippen LogP contribution in [0.1, 0.15) is 41.7 Å². The van der Waals surface area contributed by atoms with Crippen molar-refractivity contribution in [2.45, 2.75) is 38.2 Å². The Kier molecular flexibility index (Phi) is 3.79. The summed E-state index contributed by atoms with van der Waals surface area (Å²) < 4.78 is 10.5. The van der Waals surface area contributed by atoms with Gasteiger partial charge in [-0.25, -0.2) is 9.78 Å². The Labute approximate surface area is 105 Å². The van der Waals surface area contributed by atoms with Crippen LogP contribution in [0.3, 0.4) is 0 Å². The van der Waals surface area contributed by atoms with E-state index in [1.54, 1.807) is 14.0 Å². The van der Waals surface area contributed by atoms with Crippen molar-refractivity contribution in [1.82, 2.24) is 4.98 Å². The number of rotatable bonds is 5. The number of methoxy groups -OCH3 is 1. The van der Waals surface area contributed by atoms with Crippen LogP contribution in [-0.2, 0) is 15.9 Å². The van der Waals surface area contributed by atoms with Crippen LogP contribution in [0.5, 0.6) is 0 Å².